The van der Waals surface area contributed by atoms with Crippen LogP contribution in [-0.4, -0.2) is 12.2 Å². The number of hydrogen-bond acceptors (Lipinski definition) is 4. The van der Waals surface area contributed by atoms with Crippen LogP contribution in [-0.2, 0) is 4.74 Å². The van der Waals surface area contributed by atoms with Crippen molar-refractivity contribution < 1.29 is 9.53 Å². The van der Waals surface area contributed by atoms with Gasteiger partial charge in [-0.25, -0.2) is 10.2 Å². The number of rotatable bonds is 3. The molecule has 1 unspecified atom stereocenters. The van der Waals surface area contributed by atoms with E-state index in [2.05, 4.69) is 5.43 Å². The van der Waals surface area contributed by atoms with Gasteiger partial charge in [0, 0.05) is 0 Å². The highest BCUT2D eigenvalue weighted by Gasteiger charge is 2.08. The van der Waals surface area contributed by atoms with E-state index in [-0.39, 0.29) is 5.97 Å². The van der Waals surface area contributed by atoms with E-state index in [4.69, 9.17) is 10.6 Å². The standard InChI is InChI=1S/C9H12N2O2/c1-7(11-10)13-9(12)8-5-3-2-4-6-8/h2-7,11H,10H2,1H3. The maximum atomic E-state index is 11.3. The maximum absolute atomic E-state index is 11.3. The van der Waals surface area contributed by atoms with Gasteiger partial charge >= 0.3 is 5.97 Å². The van der Waals surface area contributed by atoms with Crippen molar-refractivity contribution in [3.8, 4) is 0 Å². The van der Waals surface area contributed by atoms with E-state index in [9.17, 15) is 4.79 Å². The zero-order valence-electron chi connectivity index (χ0n) is 7.36. The lowest BCUT2D eigenvalue weighted by atomic mass is 10.2. The molecule has 0 bridgehead atoms. The van der Waals surface area contributed by atoms with E-state index in [0.717, 1.165) is 0 Å². The summed E-state index contributed by atoms with van der Waals surface area (Å²) in [6, 6.07) is 8.76. The lowest BCUT2D eigenvalue weighted by molar-refractivity contribution is 0.0266. The number of nitrogens with two attached hydrogens (primary N) is 1. The number of hydrazine groups is 1. The summed E-state index contributed by atoms with van der Waals surface area (Å²) in [5, 5.41) is 0. The number of carbonyl (C=O) groups excluding carboxylic acids is 1. The molecule has 0 saturated carbocycles. The average Bonchev–Trinajstić information content (AvgIpc) is 2.19. The molecule has 0 amide bonds. The number of esters is 1. The Bertz CT molecular complexity index is 274. The van der Waals surface area contributed by atoms with E-state index < -0.39 is 6.23 Å². The van der Waals surface area contributed by atoms with Crippen LogP contribution in [0, 0.1) is 0 Å². The average molecular weight is 180 g/mol. The molecule has 0 aliphatic heterocycles. The van der Waals surface area contributed by atoms with Gasteiger partial charge in [0.15, 0.2) is 6.23 Å². The zero-order valence-corrected chi connectivity index (χ0v) is 7.36. The van der Waals surface area contributed by atoms with Crippen molar-refractivity contribution in [1.82, 2.24) is 5.43 Å². The lowest BCUT2D eigenvalue weighted by Crippen LogP contribution is -2.36. The van der Waals surface area contributed by atoms with Gasteiger partial charge in [-0.1, -0.05) is 18.2 Å². The van der Waals surface area contributed by atoms with Crippen LogP contribution in [0.25, 0.3) is 0 Å². The Kier molecular flexibility index (Phi) is 3.42. The first kappa shape index (κ1) is 9.70. The van der Waals surface area contributed by atoms with Crippen molar-refractivity contribution in [2.24, 2.45) is 5.84 Å². The molecule has 0 spiro atoms. The fourth-order valence-corrected chi connectivity index (χ4v) is 0.837. The Morgan fingerprint density at radius 1 is 1.46 bits per heavy atom. The van der Waals surface area contributed by atoms with Crippen LogP contribution >= 0.6 is 0 Å². The largest absolute Gasteiger partial charge is 0.442 e. The Morgan fingerprint density at radius 3 is 2.62 bits per heavy atom. The molecule has 0 aliphatic rings. The second-order valence-corrected chi connectivity index (χ2v) is 2.58. The molecule has 0 aliphatic carbocycles. The van der Waals surface area contributed by atoms with Gasteiger partial charge in [-0.2, -0.15) is 0 Å². The highest BCUT2D eigenvalue weighted by atomic mass is 16.6. The summed E-state index contributed by atoms with van der Waals surface area (Å²) in [5.74, 6) is 4.69. The molecule has 70 valence electrons. The van der Waals surface area contributed by atoms with E-state index in [1.54, 1.807) is 31.2 Å². The SMILES string of the molecule is CC(NN)OC(=O)c1ccccc1. The molecule has 1 aromatic carbocycles. The van der Waals surface area contributed by atoms with E-state index in [0.29, 0.717) is 5.56 Å². The van der Waals surface area contributed by atoms with Crippen LogP contribution in [0.2, 0.25) is 0 Å². The molecule has 0 saturated heterocycles. The minimum Gasteiger partial charge on any atom is -0.442 e. The third-order valence-electron chi connectivity index (χ3n) is 1.53. The number of benzene rings is 1. The first-order valence-corrected chi connectivity index (χ1v) is 3.96. The van der Waals surface area contributed by atoms with Gasteiger partial charge in [0.1, 0.15) is 0 Å². The zero-order chi connectivity index (χ0) is 9.68. The molecule has 0 fully saturated rings. The summed E-state index contributed by atoms with van der Waals surface area (Å²) in [6.07, 6.45) is -0.479. The van der Waals surface area contributed by atoms with Crippen LogP contribution in [0.4, 0.5) is 0 Å². The molecular formula is C9H12N2O2. The molecule has 0 heterocycles. The Balaban J connectivity index is 2.59. The van der Waals surface area contributed by atoms with Crippen molar-refractivity contribution in [2.75, 3.05) is 0 Å². The van der Waals surface area contributed by atoms with Crippen molar-refractivity contribution >= 4 is 5.97 Å². The smallest absolute Gasteiger partial charge is 0.339 e. The summed E-state index contributed by atoms with van der Waals surface area (Å²) in [7, 11) is 0. The van der Waals surface area contributed by atoms with Crippen LogP contribution in [0.3, 0.4) is 0 Å². The normalized spacial score (nSPS) is 12.2. The first-order chi connectivity index (χ1) is 6.24. The number of ether oxygens (including phenoxy) is 1. The fourth-order valence-electron chi connectivity index (χ4n) is 0.837. The third kappa shape index (κ3) is 2.85. The Morgan fingerprint density at radius 2 is 2.08 bits per heavy atom. The maximum Gasteiger partial charge on any atom is 0.339 e. The highest BCUT2D eigenvalue weighted by Crippen LogP contribution is 2.01. The molecule has 0 aromatic heterocycles. The van der Waals surface area contributed by atoms with Crippen molar-refractivity contribution in [2.45, 2.75) is 13.2 Å². The Labute approximate surface area is 76.7 Å². The van der Waals surface area contributed by atoms with Gasteiger partial charge in [-0.05, 0) is 19.1 Å². The third-order valence-corrected chi connectivity index (χ3v) is 1.53. The predicted molar refractivity (Wildman–Crippen MR) is 48.6 cm³/mol. The Hall–Kier alpha value is -1.39. The molecule has 1 aromatic rings. The molecule has 4 heteroatoms. The molecule has 4 nitrogen and oxygen atoms in total. The number of carbonyl (C=O) groups is 1. The van der Waals surface area contributed by atoms with Crippen LogP contribution in [0.1, 0.15) is 17.3 Å². The first-order valence-electron chi connectivity index (χ1n) is 3.96. The van der Waals surface area contributed by atoms with Gasteiger partial charge < -0.3 is 4.74 Å². The number of hydrogen-bond donors (Lipinski definition) is 2. The lowest BCUT2D eigenvalue weighted by Gasteiger charge is -2.10. The highest BCUT2D eigenvalue weighted by molar-refractivity contribution is 5.89. The van der Waals surface area contributed by atoms with Gasteiger partial charge in [0.25, 0.3) is 0 Å². The van der Waals surface area contributed by atoms with Gasteiger partial charge in [-0.3, -0.25) is 5.84 Å². The van der Waals surface area contributed by atoms with Gasteiger partial charge in [-0.15, -0.1) is 0 Å². The molecular weight excluding hydrogens is 168 g/mol. The fraction of sp³-hybridized carbons (Fsp3) is 0.222. The van der Waals surface area contributed by atoms with Crippen LogP contribution in [0.5, 0.6) is 0 Å². The van der Waals surface area contributed by atoms with Crippen molar-refractivity contribution in [3.05, 3.63) is 35.9 Å². The quantitative estimate of drug-likeness (QED) is 0.310. The summed E-state index contributed by atoms with van der Waals surface area (Å²) in [6.45, 7) is 1.65. The van der Waals surface area contributed by atoms with Gasteiger partial charge in [0.05, 0.1) is 5.56 Å². The summed E-state index contributed by atoms with van der Waals surface area (Å²) in [4.78, 5) is 11.3. The molecule has 1 atom stereocenters. The minimum absolute atomic E-state index is 0.383. The summed E-state index contributed by atoms with van der Waals surface area (Å²) >= 11 is 0. The van der Waals surface area contributed by atoms with Gasteiger partial charge in [0.2, 0.25) is 0 Å². The predicted octanol–water partition coefficient (Wildman–Crippen LogP) is 0.653. The second kappa shape index (κ2) is 4.59. The molecule has 13 heavy (non-hydrogen) atoms. The molecule has 1 rings (SSSR count). The van der Waals surface area contributed by atoms with Crippen molar-refractivity contribution in [3.63, 3.8) is 0 Å². The summed E-state index contributed by atoms with van der Waals surface area (Å²) in [5.41, 5.74) is 2.84. The molecule has 3 N–H and O–H groups in total. The van der Waals surface area contributed by atoms with Crippen LogP contribution < -0.4 is 11.3 Å². The van der Waals surface area contributed by atoms with Crippen LogP contribution in [0.15, 0.2) is 30.3 Å². The summed E-state index contributed by atoms with van der Waals surface area (Å²) < 4.78 is 4.91. The number of nitrogens with one attached hydrogen (secondary N) is 1. The topological polar surface area (TPSA) is 64.3 Å². The van der Waals surface area contributed by atoms with E-state index >= 15 is 0 Å². The monoisotopic (exact) mass is 180 g/mol. The van der Waals surface area contributed by atoms with E-state index in [1.807, 2.05) is 6.07 Å². The van der Waals surface area contributed by atoms with Crippen molar-refractivity contribution in [1.29, 1.82) is 0 Å². The minimum atomic E-state index is -0.479. The van der Waals surface area contributed by atoms with E-state index in [1.165, 1.54) is 0 Å². The molecule has 0 radical (unpaired) electrons. The second-order valence-electron chi connectivity index (χ2n) is 2.58.